The van der Waals surface area contributed by atoms with Crippen LogP contribution in [0.25, 0.3) is 0 Å². The predicted octanol–water partition coefficient (Wildman–Crippen LogP) is 1.89. The Morgan fingerprint density at radius 2 is 1.71 bits per heavy atom. The van der Waals surface area contributed by atoms with Crippen LogP contribution in [0.4, 0.5) is 0 Å². The van der Waals surface area contributed by atoms with E-state index < -0.39 is 16.1 Å². The van der Waals surface area contributed by atoms with Gasteiger partial charge in [-0.05, 0) is 20.8 Å². The lowest BCUT2D eigenvalue weighted by Gasteiger charge is -2.36. The number of hydrogen-bond acceptors (Lipinski definition) is 5. The maximum atomic E-state index is 11.2. The van der Waals surface area contributed by atoms with Crippen LogP contribution in [0.3, 0.4) is 0 Å². The maximum Gasteiger partial charge on any atom is 0.333 e. The second-order valence-corrected chi connectivity index (χ2v) is 7.16. The summed E-state index contributed by atoms with van der Waals surface area (Å²) < 4.78 is 41.6. The maximum absolute atomic E-state index is 11.2. The minimum absolute atomic E-state index is 0. The van der Waals surface area contributed by atoms with Gasteiger partial charge >= 0.3 is 5.97 Å². The summed E-state index contributed by atoms with van der Waals surface area (Å²) in [6.45, 7) is 13.3. The Bertz CT molecular complexity index is 471. The summed E-state index contributed by atoms with van der Waals surface area (Å²) in [6, 6.07) is 0. The molecular formula is C16H34NO6S+. The number of carbonyl (C=O) groups excluding carboxylic acids is 1. The van der Waals surface area contributed by atoms with Crippen LogP contribution in [0.15, 0.2) is 12.2 Å². The van der Waals surface area contributed by atoms with Crippen molar-refractivity contribution in [2.45, 2.75) is 34.6 Å². The molecule has 0 aliphatic carbocycles. The molecule has 8 heteroatoms. The normalized spacial score (nSPS) is 11.7. The molecule has 0 rings (SSSR count). The Morgan fingerprint density at radius 3 is 2.17 bits per heavy atom. The molecule has 0 saturated heterocycles. The fraction of sp³-hybridized carbons (Fsp3) is 0.812. The molecule has 144 valence electrons. The standard InChI is InChI=1S/C15H29NO6S.CH4/c1-5-16(6-2,8-7-13-23(18,19)20)9-10-21-11-12-22-15(17)14(3)4;/h3,5-13H2,1-2,4H3;1H4/p+1. The van der Waals surface area contributed by atoms with Gasteiger partial charge in [-0.1, -0.05) is 14.0 Å². The fourth-order valence-electron chi connectivity index (χ4n) is 2.23. The number of hydrogen-bond donors (Lipinski definition) is 1. The molecule has 0 aromatic carbocycles. The quantitative estimate of drug-likeness (QED) is 0.176. The van der Waals surface area contributed by atoms with E-state index in [-0.39, 0.29) is 19.8 Å². The third kappa shape index (κ3) is 11.6. The van der Waals surface area contributed by atoms with Gasteiger partial charge in [-0.3, -0.25) is 4.55 Å². The molecule has 0 aliphatic heterocycles. The molecule has 0 aliphatic rings. The van der Waals surface area contributed by atoms with E-state index in [1.165, 1.54) is 0 Å². The van der Waals surface area contributed by atoms with Crippen LogP contribution in [0.5, 0.6) is 0 Å². The summed E-state index contributed by atoms with van der Waals surface area (Å²) in [5, 5.41) is 0. The van der Waals surface area contributed by atoms with Gasteiger partial charge < -0.3 is 14.0 Å². The van der Waals surface area contributed by atoms with Gasteiger partial charge in [-0.15, -0.1) is 0 Å². The Hall–Kier alpha value is -0.960. The highest BCUT2D eigenvalue weighted by molar-refractivity contribution is 7.85. The van der Waals surface area contributed by atoms with Crippen LogP contribution in [-0.4, -0.2) is 75.2 Å². The predicted molar refractivity (Wildman–Crippen MR) is 95.4 cm³/mol. The van der Waals surface area contributed by atoms with Gasteiger partial charge in [0, 0.05) is 12.0 Å². The molecule has 0 bridgehead atoms. The van der Waals surface area contributed by atoms with Gasteiger partial charge in [0.1, 0.15) is 13.2 Å². The first-order chi connectivity index (χ1) is 10.7. The number of quaternary nitrogens is 1. The number of esters is 1. The van der Waals surface area contributed by atoms with Crippen molar-refractivity contribution in [3.63, 3.8) is 0 Å². The van der Waals surface area contributed by atoms with Crippen LogP contribution >= 0.6 is 0 Å². The van der Waals surface area contributed by atoms with E-state index in [0.29, 0.717) is 31.8 Å². The third-order valence-corrected chi connectivity index (χ3v) is 4.70. The molecule has 0 atom stereocenters. The van der Waals surface area contributed by atoms with E-state index in [0.717, 1.165) is 24.1 Å². The lowest BCUT2D eigenvalue weighted by molar-refractivity contribution is -0.925. The van der Waals surface area contributed by atoms with Crippen LogP contribution in [0, 0.1) is 0 Å². The van der Waals surface area contributed by atoms with Gasteiger partial charge in [-0.2, -0.15) is 8.42 Å². The molecule has 0 saturated carbocycles. The topological polar surface area (TPSA) is 89.9 Å². The zero-order valence-electron chi connectivity index (χ0n) is 14.4. The molecule has 0 spiro atoms. The smallest absolute Gasteiger partial charge is 0.333 e. The van der Waals surface area contributed by atoms with Gasteiger partial charge in [-0.25, -0.2) is 4.79 Å². The van der Waals surface area contributed by atoms with Crippen LogP contribution < -0.4 is 0 Å². The number of rotatable bonds is 13. The van der Waals surface area contributed by atoms with E-state index in [2.05, 4.69) is 6.58 Å². The Kier molecular flexibility index (Phi) is 13.1. The molecule has 0 aromatic heterocycles. The minimum Gasteiger partial charge on any atom is -0.460 e. The lowest BCUT2D eigenvalue weighted by atomic mass is 10.3. The van der Waals surface area contributed by atoms with Crippen molar-refractivity contribution in [1.82, 2.24) is 0 Å². The second-order valence-electron chi connectivity index (χ2n) is 5.59. The van der Waals surface area contributed by atoms with Crippen molar-refractivity contribution in [3.8, 4) is 0 Å². The number of ether oxygens (including phenoxy) is 2. The molecule has 1 N–H and O–H groups in total. The van der Waals surface area contributed by atoms with E-state index in [1.54, 1.807) is 6.92 Å². The summed E-state index contributed by atoms with van der Waals surface area (Å²) in [5.41, 5.74) is 0.358. The summed E-state index contributed by atoms with van der Waals surface area (Å²) >= 11 is 0. The highest BCUT2D eigenvalue weighted by Gasteiger charge is 2.23. The zero-order valence-corrected chi connectivity index (χ0v) is 15.2. The van der Waals surface area contributed by atoms with Gasteiger partial charge in [0.25, 0.3) is 10.1 Å². The van der Waals surface area contributed by atoms with Gasteiger partial charge in [0.2, 0.25) is 0 Å². The largest absolute Gasteiger partial charge is 0.460 e. The molecule has 0 radical (unpaired) electrons. The molecule has 0 amide bonds. The van der Waals surface area contributed by atoms with Crippen LogP contribution in [0.1, 0.15) is 34.6 Å². The Morgan fingerprint density at radius 1 is 1.12 bits per heavy atom. The first-order valence-corrected chi connectivity index (χ1v) is 9.47. The van der Waals surface area contributed by atoms with Crippen molar-refractivity contribution in [3.05, 3.63) is 12.2 Å². The van der Waals surface area contributed by atoms with Crippen molar-refractivity contribution >= 4 is 16.1 Å². The third-order valence-electron chi connectivity index (χ3n) is 3.90. The molecule has 0 fully saturated rings. The lowest BCUT2D eigenvalue weighted by Crippen LogP contribution is -2.50. The Balaban J connectivity index is 0. The summed E-state index contributed by atoms with van der Waals surface area (Å²) in [6.07, 6.45) is 0.413. The Labute approximate surface area is 147 Å². The monoisotopic (exact) mass is 368 g/mol. The second kappa shape index (κ2) is 12.4. The summed E-state index contributed by atoms with van der Waals surface area (Å²) in [5.74, 6) is -0.642. The van der Waals surface area contributed by atoms with E-state index >= 15 is 0 Å². The minimum atomic E-state index is -3.91. The molecule has 0 aromatic rings. The zero-order chi connectivity index (χ0) is 17.9. The summed E-state index contributed by atoms with van der Waals surface area (Å²) in [4.78, 5) is 11.2. The number of carbonyl (C=O) groups is 1. The SMILES string of the molecule is C.C=C(C)C(=O)OCCOCC[N+](CC)(CC)CCCS(=O)(=O)O. The van der Waals surface area contributed by atoms with Crippen molar-refractivity contribution < 1.29 is 31.7 Å². The van der Waals surface area contributed by atoms with Crippen LogP contribution in [0.2, 0.25) is 0 Å². The van der Waals surface area contributed by atoms with Crippen molar-refractivity contribution in [1.29, 1.82) is 0 Å². The number of likely N-dealkylation sites (N-methyl/N-ethyl adjacent to an activating group) is 1. The van der Waals surface area contributed by atoms with E-state index in [9.17, 15) is 13.2 Å². The molecule has 24 heavy (non-hydrogen) atoms. The number of nitrogens with zero attached hydrogens (tertiary/aromatic N) is 1. The molecule has 0 unspecified atom stereocenters. The van der Waals surface area contributed by atoms with Crippen molar-refractivity contribution in [2.24, 2.45) is 0 Å². The van der Waals surface area contributed by atoms with Gasteiger partial charge in [0.15, 0.2) is 0 Å². The molecular weight excluding hydrogens is 334 g/mol. The van der Waals surface area contributed by atoms with E-state index in [1.807, 2.05) is 13.8 Å². The van der Waals surface area contributed by atoms with Crippen LogP contribution in [-0.2, 0) is 24.4 Å². The molecule has 7 nitrogen and oxygen atoms in total. The van der Waals surface area contributed by atoms with Crippen molar-refractivity contribution in [2.75, 3.05) is 51.8 Å². The van der Waals surface area contributed by atoms with E-state index in [4.69, 9.17) is 14.0 Å². The average Bonchev–Trinajstić information content (AvgIpc) is 2.47. The molecule has 0 heterocycles. The van der Waals surface area contributed by atoms with Gasteiger partial charge in [0.05, 0.1) is 38.6 Å². The average molecular weight is 369 g/mol. The summed E-state index contributed by atoms with van der Waals surface area (Å²) in [7, 11) is -3.91. The fourth-order valence-corrected chi connectivity index (χ4v) is 2.72. The highest BCUT2D eigenvalue weighted by Crippen LogP contribution is 2.08. The first kappa shape index (κ1) is 25.3. The highest BCUT2D eigenvalue weighted by atomic mass is 32.2. The first-order valence-electron chi connectivity index (χ1n) is 7.86.